The van der Waals surface area contributed by atoms with Crippen molar-refractivity contribution in [1.82, 2.24) is 9.55 Å². The number of rotatable bonds is 8. The molecule has 0 bridgehead atoms. The van der Waals surface area contributed by atoms with Crippen molar-refractivity contribution in [3.63, 3.8) is 0 Å². The number of hydrogen-bond acceptors (Lipinski definition) is 3. The van der Waals surface area contributed by atoms with Crippen molar-refractivity contribution < 1.29 is 4.79 Å². The van der Waals surface area contributed by atoms with Crippen LogP contribution in [0.3, 0.4) is 0 Å². The Morgan fingerprint density at radius 2 is 1.67 bits per heavy atom. The molecule has 0 unspecified atom stereocenters. The van der Waals surface area contributed by atoms with E-state index in [1.807, 2.05) is 72.8 Å². The van der Waals surface area contributed by atoms with Crippen LogP contribution in [0, 0.1) is 0 Å². The van der Waals surface area contributed by atoms with Gasteiger partial charge in [-0.1, -0.05) is 61.0 Å². The third-order valence-corrected chi connectivity index (χ3v) is 7.05. The summed E-state index contributed by atoms with van der Waals surface area (Å²) in [5.41, 5.74) is 5.81. The van der Waals surface area contributed by atoms with E-state index < -0.39 is 0 Å². The highest BCUT2D eigenvalue weighted by molar-refractivity contribution is 7.99. The molecule has 4 aromatic carbocycles. The summed E-state index contributed by atoms with van der Waals surface area (Å²) in [6.45, 7) is 2.83. The van der Waals surface area contributed by atoms with E-state index in [0.29, 0.717) is 18.0 Å². The second-order valence-electron chi connectivity index (χ2n) is 8.52. The first-order chi connectivity index (χ1) is 17.6. The molecule has 0 radical (unpaired) electrons. The lowest BCUT2D eigenvalue weighted by Crippen LogP contribution is -2.14. The van der Waals surface area contributed by atoms with Crippen LogP contribution in [0.4, 0.5) is 5.69 Å². The van der Waals surface area contributed by atoms with Gasteiger partial charge in [-0.05, 0) is 71.5 Å². The first-order valence-electron chi connectivity index (χ1n) is 11.9. The van der Waals surface area contributed by atoms with Gasteiger partial charge in [0.1, 0.15) is 5.82 Å². The first-order valence-corrected chi connectivity index (χ1v) is 13.3. The van der Waals surface area contributed by atoms with Gasteiger partial charge in [0, 0.05) is 27.7 Å². The van der Waals surface area contributed by atoms with Gasteiger partial charge >= 0.3 is 0 Å². The molecule has 5 rings (SSSR count). The van der Waals surface area contributed by atoms with Gasteiger partial charge in [0.05, 0.1) is 17.5 Å². The number of benzene rings is 4. The molecule has 0 saturated heterocycles. The molecule has 4 nitrogen and oxygen atoms in total. The maximum Gasteiger partial charge on any atom is 0.228 e. The van der Waals surface area contributed by atoms with Crippen molar-refractivity contribution in [3.8, 4) is 11.4 Å². The third kappa shape index (κ3) is 5.64. The van der Waals surface area contributed by atoms with Crippen LogP contribution in [0.25, 0.3) is 22.4 Å². The van der Waals surface area contributed by atoms with Crippen LogP contribution in [0.2, 0.25) is 5.02 Å². The van der Waals surface area contributed by atoms with E-state index >= 15 is 0 Å². The van der Waals surface area contributed by atoms with Gasteiger partial charge in [0.25, 0.3) is 0 Å². The lowest BCUT2D eigenvalue weighted by molar-refractivity contribution is -0.115. The van der Waals surface area contributed by atoms with Gasteiger partial charge in [0.15, 0.2) is 0 Å². The van der Waals surface area contributed by atoms with Gasteiger partial charge in [0.2, 0.25) is 5.91 Å². The van der Waals surface area contributed by atoms with E-state index in [4.69, 9.17) is 16.6 Å². The van der Waals surface area contributed by atoms with Crippen LogP contribution >= 0.6 is 23.4 Å². The summed E-state index contributed by atoms with van der Waals surface area (Å²) >= 11 is 8.04. The smallest absolute Gasteiger partial charge is 0.228 e. The van der Waals surface area contributed by atoms with E-state index in [9.17, 15) is 4.79 Å². The number of nitrogens with zero attached hydrogens (tertiary/aromatic N) is 2. The highest BCUT2D eigenvalue weighted by Crippen LogP contribution is 2.29. The Hall–Kier alpha value is -3.54. The molecule has 1 N–H and O–H groups in total. The number of amides is 1. The van der Waals surface area contributed by atoms with E-state index in [1.165, 1.54) is 10.5 Å². The highest BCUT2D eigenvalue weighted by atomic mass is 35.5. The first kappa shape index (κ1) is 24.2. The molecule has 0 aliphatic heterocycles. The second kappa shape index (κ2) is 11.0. The van der Waals surface area contributed by atoms with Crippen LogP contribution in [-0.4, -0.2) is 21.2 Å². The molecule has 0 atom stereocenters. The fourth-order valence-corrected chi connectivity index (χ4v) is 5.04. The van der Waals surface area contributed by atoms with Crippen LogP contribution < -0.4 is 5.32 Å². The van der Waals surface area contributed by atoms with Gasteiger partial charge in [-0.2, -0.15) is 0 Å². The Kier molecular flexibility index (Phi) is 7.40. The highest BCUT2D eigenvalue weighted by Gasteiger charge is 2.14. The van der Waals surface area contributed by atoms with Gasteiger partial charge in [-0.15, -0.1) is 11.8 Å². The van der Waals surface area contributed by atoms with E-state index in [1.54, 1.807) is 11.8 Å². The number of thioether (sulfide) groups is 1. The Morgan fingerprint density at radius 1 is 0.917 bits per heavy atom. The minimum atomic E-state index is -0.0374. The lowest BCUT2D eigenvalue weighted by Gasteiger charge is -2.11. The molecule has 5 aromatic rings. The van der Waals surface area contributed by atoms with Crippen molar-refractivity contribution in [3.05, 3.63) is 113 Å². The van der Waals surface area contributed by atoms with Gasteiger partial charge < -0.3 is 9.88 Å². The number of anilines is 1. The monoisotopic (exact) mass is 511 g/mol. The summed E-state index contributed by atoms with van der Waals surface area (Å²) in [5.74, 6) is 1.86. The fourth-order valence-electron chi connectivity index (χ4n) is 4.21. The summed E-state index contributed by atoms with van der Waals surface area (Å²) in [5, 5.41) is 3.67. The predicted molar refractivity (Wildman–Crippen MR) is 151 cm³/mol. The zero-order chi connectivity index (χ0) is 24.9. The van der Waals surface area contributed by atoms with Gasteiger partial charge in [-0.25, -0.2) is 4.98 Å². The Morgan fingerprint density at radius 3 is 2.39 bits per heavy atom. The molecule has 1 heterocycles. The van der Waals surface area contributed by atoms with Gasteiger partial charge in [-0.3, -0.25) is 4.79 Å². The summed E-state index contributed by atoms with van der Waals surface area (Å²) < 4.78 is 2.20. The van der Waals surface area contributed by atoms with Crippen molar-refractivity contribution in [2.45, 2.75) is 24.8 Å². The summed E-state index contributed by atoms with van der Waals surface area (Å²) in [4.78, 5) is 18.7. The third-order valence-electron chi connectivity index (χ3n) is 5.92. The normalized spacial score (nSPS) is 11.1. The molecule has 0 saturated carbocycles. The van der Waals surface area contributed by atoms with Crippen LogP contribution in [-0.2, 0) is 17.8 Å². The SMILES string of the molecule is CCSc1ccc(CC(=O)Nc2ccc(-c3nc4cc(Cl)ccc4n3Cc3ccccc3)cc2)cc1. The molecule has 0 aliphatic carbocycles. The average molecular weight is 512 g/mol. The molecule has 0 spiro atoms. The molecule has 6 heteroatoms. The quantitative estimate of drug-likeness (QED) is 0.217. The maximum atomic E-state index is 12.6. The number of carbonyl (C=O) groups excluding carboxylic acids is 1. The molecular weight excluding hydrogens is 486 g/mol. The van der Waals surface area contributed by atoms with Crippen molar-refractivity contribution in [2.75, 3.05) is 11.1 Å². The minimum Gasteiger partial charge on any atom is -0.326 e. The van der Waals surface area contributed by atoms with Crippen LogP contribution in [0.1, 0.15) is 18.1 Å². The largest absolute Gasteiger partial charge is 0.326 e. The van der Waals surface area contributed by atoms with Crippen molar-refractivity contribution in [1.29, 1.82) is 0 Å². The minimum absolute atomic E-state index is 0.0374. The predicted octanol–water partition coefficient (Wildman–Crippen LogP) is 7.70. The average Bonchev–Trinajstić information content (AvgIpc) is 3.23. The number of fused-ring (bicyclic) bond motifs is 1. The van der Waals surface area contributed by atoms with Crippen molar-refractivity contribution in [2.24, 2.45) is 0 Å². The fraction of sp³-hybridized carbons (Fsp3) is 0.133. The summed E-state index contributed by atoms with van der Waals surface area (Å²) in [6.07, 6.45) is 0.340. The number of aromatic nitrogens is 2. The Bertz CT molecular complexity index is 1480. The molecule has 1 amide bonds. The number of halogens is 1. The molecular formula is C30H26ClN3OS. The van der Waals surface area contributed by atoms with E-state index in [0.717, 1.165) is 39.4 Å². The molecule has 1 aromatic heterocycles. The Balaban J connectivity index is 1.35. The number of imidazole rings is 1. The topological polar surface area (TPSA) is 46.9 Å². The van der Waals surface area contributed by atoms with Crippen molar-refractivity contribution >= 4 is 46.0 Å². The van der Waals surface area contributed by atoms with E-state index in [-0.39, 0.29) is 5.91 Å². The zero-order valence-corrected chi connectivity index (χ0v) is 21.5. The number of carbonyl (C=O) groups is 1. The number of nitrogens with one attached hydrogen (secondary N) is 1. The Labute approximate surface area is 220 Å². The second-order valence-corrected chi connectivity index (χ2v) is 10.3. The standard InChI is InChI=1S/C30H26ClN3OS/c1-2-36-26-15-8-21(9-16-26)18-29(35)32-25-13-10-23(11-14-25)30-33-27-19-24(31)12-17-28(27)34(30)20-22-6-4-3-5-7-22/h3-17,19H,2,18,20H2,1H3,(H,32,35). The molecule has 180 valence electrons. The lowest BCUT2D eigenvalue weighted by atomic mass is 10.1. The molecule has 0 aliphatic rings. The molecule has 0 fully saturated rings. The van der Waals surface area contributed by atoms with E-state index in [2.05, 4.69) is 41.1 Å². The van der Waals surface area contributed by atoms with Crippen LogP contribution in [0.5, 0.6) is 0 Å². The van der Waals surface area contributed by atoms with Crippen LogP contribution in [0.15, 0.2) is 102 Å². The summed E-state index contributed by atoms with van der Waals surface area (Å²) in [6, 6.07) is 32.1. The zero-order valence-electron chi connectivity index (χ0n) is 19.9. The number of hydrogen-bond donors (Lipinski definition) is 1. The molecule has 36 heavy (non-hydrogen) atoms. The maximum absolute atomic E-state index is 12.6. The summed E-state index contributed by atoms with van der Waals surface area (Å²) in [7, 11) is 0.